The molecule has 8 nitrogen and oxygen atoms in total. The number of nitrogen functional groups attached to an aromatic ring is 1. The third-order valence-corrected chi connectivity index (χ3v) is 3.68. The van der Waals surface area contributed by atoms with Gasteiger partial charge < -0.3 is 20.3 Å². The summed E-state index contributed by atoms with van der Waals surface area (Å²) in [6.07, 6.45) is 1.52. The van der Waals surface area contributed by atoms with Crippen LogP contribution >= 0.6 is 7.60 Å². The molecule has 9 heteroatoms. The summed E-state index contributed by atoms with van der Waals surface area (Å²) in [7, 11) is -4.28. The van der Waals surface area contributed by atoms with Crippen molar-refractivity contribution >= 4 is 13.4 Å². The standard InChI is InChI=1S/C8H12N3O5P/c9-6-1-2-11(8(12)10-6)5-3-7(16-4-5)17(13,14)15/h1-2,5,7H,3-4H2,(H2,9,10,12)(H2,13,14,15)/t5-,7+/m1/s1. The summed E-state index contributed by atoms with van der Waals surface area (Å²) in [6, 6.07) is 1.03. The van der Waals surface area contributed by atoms with E-state index in [1.54, 1.807) is 0 Å². The van der Waals surface area contributed by atoms with Gasteiger partial charge in [-0.25, -0.2) is 4.79 Å². The molecule has 1 aliphatic rings. The van der Waals surface area contributed by atoms with E-state index < -0.39 is 25.2 Å². The fourth-order valence-electron chi connectivity index (χ4n) is 1.72. The molecule has 17 heavy (non-hydrogen) atoms. The van der Waals surface area contributed by atoms with Crippen molar-refractivity contribution in [3.05, 3.63) is 22.7 Å². The molecule has 2 atom stereocenters. The van der Waals surface area contributed by atoms with Crippen LogP contribution in [0.4, 0.5) is 5.82 Å². The molecule has 94 valence electrons. The molecular weight excluding hydrogens is 249 g/mol. The highest BCUT2D eigenvalue weighted by molar-refractivity contribution is 7.52. The summed E-state index contributed by atoms with van der Waals surface area (Å²) in [4.78, 5) is 33.0. The molecule has 1 aromatic rings. The molecule has 0 aliphatic carbocycles. The van der Waals surface area contributed by atoms with Gasteiger partial charge in [0.1, 0.15) is 5.82 Å². The number of anilines is 1. The highest BCUT2D eigenvalue weighted by Crippen LogP contribution is 2.48. The van der Waals surface area contributed by atoms with Crippen LogP contribution in [0.5, 0.6) is 0 Å². The molecule has 0 saturated carbocycles. The summed E-state index contributed by atoms with van der Waals surface area (Å²) >= 11 is 0. The van der Waals surface area contributed by atoms with Crippen molar-refractivity contribution in [2.24, 2.45) is 0 Å². The fourth-order valence-corrected chi connectivity index (χ4v) is 2.52. The van der Waals surface area contributed by atoms with Gasteiger partial charge in [-0.15, -0.1) is 0 Å². The van der Waals surface area contributed by atoms with E-state index in [0.717, 1.165) is 0 Å². The highest BCUT2D eigenvalue weighted by Gasteiger charge is 2.38. The maximum absolute atomic E-state index is 11.5. The number of hydrogen-bond donors (Lipinski definition) is 3. The Kier molecular flexibility index (Phi) is 3.05. The lowest BCUT2D eigenvalue weighted by molar-refractivity contribution is 0.135. The van der Waals surface area contributed by atoms with Gasteiger partial charge in [-0.05, 0) is 6.07 Å². The van der Waals surface area contributed by atoms with Crippen molar-refractivity contribution in [2.45, 2.75) is 18.3 Å². The monoisotopic (exact) mass is 261 g/mol. The quantitative estimate of drug-likeness (QED) is 0.600. The molecule has 1 fully saturated rings. The van der Waals surface area contributed by atoms with E-state index in [1.807, 2.05) is 0 Å². The van der Waals surface area contributed by atoms with Gasteiger partial charge in [-0.1, -0.05) is 0 Å². The van der Waals surface area contributed by atoms with Crippen LogP contribution in [0.25, 0.3) is 0 Å². The van der Waals surface area contributed by atoms with Gasteiger partial charge in [0.2, 0.25) is 0 Å². The molecule has 0 bridgehead atoms. The molecule has 1 aliphatic heterocycles. The van der Waals surface area contributed by atoms with Crippen molar-refractivity contribution in [1.82, 2.24) is 9.55 Å². The van der Waals surface area contributed by atoms with Crippen LogP contribution in [-0.4, -0.2) is 31.8 Å². The van der Waals surface area contributed by atoms with Crippen molar-refractivity contribution in [2.75, 3.05) is 12.3 Å². The van der Waals surface area contributed by atoms with Crippen LogP contribution in [0.2, 0.25) is 0 Å². The van der Waals surface area contributed by atoms with Gasteiger partial charge in [-0.2, -0.15) is 4.98 Å². The van der Waals surface area contributed by atoms with Gasteiger partial charge in [0.15, 0.2) is 5.85 Å². The summed E-state index contributed by atoms with van der Waals surface area (Å²) in [5.74, 6) is -1.05. The molecule has 0 spiro atoms. The Labute approximate surface area is 96.2 Å². The van der Waals surface area contributed by atoms with Crippen LogP contribution in [0, 0.1) is 0 Å². The van der Waals surface area contributed by atoms with E-state index in [0.29, 0.717) is 0 Å². The van der Waals surface area contributed by atoms with E-state index in [1.165, 1.54) is 16.8 Å². The number of ether oxygens (including phenoxy) is 1. The maximum Gasteiger partial charge on any atom is 0.354 e. The SMILES string of the molecule is Nc1ccn([C@H]2CO[C@@H](P(=O)(O)O)C2)c(=O)n1. The minimum absolute atomic E-state index is 0.0707. The van der Waals surface area contributed by atoms with Gasteiger partial charge in [-0.3, -0.25) is 9.13 Å². The first-order valence-electron chi connectivity index (χ1n) is 4.89. The third kappa shape index (κ3) is 2.55. The summed E-state index contributed by atoms with van der Waals surface area (Å²) < 4.78 is 17.3. The number of rotatable bonds is 2. The van der Waals surface area contributed by atoms with E-state index in [4.69, 9.17) is 20.3 Å². The summed E-state index contributed by atoms with van der Waals surface area (Å²) in [5.41, 5.74) is 4.79. The molecule has 1 saturated heterocycles. The molecule has 0 unspecified atom stereocenters. The molecule has 4 N–H and O–H groups in total. The zero-order chi connectivity index (χ0) is 12.6. The van der Waals surface area contributed by atoms with Gasteiger partial charge in [0.25, 0.3) is 0 Å². The Balaban J connectivity index is 2.21. The Morgan fingerprint density at radius 3 is 2.82 bits per heavy atom. The largest absolute Gasteiger partial charge is 0.383 e. The summed E-state index contributed by atoms with van der Waals surface area (Å²) in [6.45, 7) is 0.0707. The maximum atomic E-state index is 11.5. The molecule has 2 rings (SSSR count). The van der Waals surface area contributed by atoms with E-state index in [2.05, 4.69) is 4.98 Å². The van der Waals surface area contributed by atoms with Crippen molar-refractivity contribution < 1.29 is 19.1 Å². The van der Waals surface area contributed by atoms with E-state index in [-0.39, 0.29) is 18.8 Å². The van der Waals surface area contributed by atoms with Crippen molar-refractivity contribution in [3.8, 4) is 0 Å². The first-order chi connectivity index (χ1) is 7.88. The predicted molar refractivity (Wildman–Crippen MR) is 58.3 cm³/mol. The highest BCUT2D eigenvalue weighted by atomic mass is 31.2. The topological polar surface area (TPSA) is 128 Å². The number of hydrogen-bond acceptors (Lipinski definition) is 5. The Hall–Kier alpha value is -1.21. The van der Waals surface area contributed by atoms with Gasteiger partial charge in [0.05, 0.1) is 12.6 Å². The minimum Gasteiger partial charge on any atom is -0.383 e. The van der Waals surface area contributed by atoms with E-state index >= 15 is 0 Å². The smallest absolute Gasteiger partial charge is 0.354 e. The lowest BCUT2D eigenvalue weighted by atomic mass is 10.2. The van der Waals surface area contributed by atoms with Crippen LogP contribution in [-0.2, 0) is 9.30 Å². The average molecular weight is 261 g/mol. The Bertz CT molecular complexity index is 524. The fraction of sp³-hybridized carbons (Fsp3) is 0.500. The molecule has 0 amide bonds. The van der Waals surface area contributed by atoms with Crippen molar-refractivity contribution in [1.29, 1.82) is 0 Å². The Morgan fingerprint density at radius 1 is 1.59 bits per heavy atom. The zero-order valence-electron chi connectivity index (χ0n) is 8.76. The van der Waals surface area contributed by atoms with Gasteiger partial charge in [0, 0.05) is 12.6 Å². The summed E-state index contributed by atoms with van der Waals surface area (Å²) in [5, 5.41) is 0. The second-order valence-electron chi connectivity index (χ2n) is 3.81. The first kappa shape index (κ1) is 12.3. The molecular formula is C8H12N3O5P. The normalized spacial score (nSPS) is 25.1. The van der Waals surface area contributed by atoms with Gasteiger partial charge >= 0.3 is 13.3 Å². The second-order valence-corrected chi connectivity index (χ2v) is 5.56. The Morgan fingerprint density at radius 2 is 2.29 bits per heavy atom. The molecule has 0 radical (unpaired) electrons. The molecule has 0 aromatic carbocycles. The zero-order valence-corrected chi connectivity index (χ0v) is 9.66. The number of aromatic nitrogens is 2. The lowest BCUT2D eigenvalue weighted by Gasteiger charge is -2.12. The second kappa shape index (κ2) is 4.23. The van der Waals surface area contributed by atoms with Crippen LogP contribution < -0.4 is 11.4 Å². The van der Waals surface area contributed by atoms with Crippen LogP contribution in [0.3, 0.4) is 0 Å². The minimum atomic E-state index is -4.28. The predicted octanol–water partition coefficient (Wildman–Crippen LogP) is -0.709. The molecule has 2 heterocycles. The lowest BCUT2D eigenvalue weighted by Crippen LogP contribution is -2.27. The molecule has 1 aromatic heterocycles. The van der Waals surface area contributed by atoms with Crippen LogP contribution in [0.1, 0.15) is 12.5 Å². The average Bonchev–Trinajstić information content (AvgIpc) is 2.65. The van der Waals surface area contributed by atoms with E-state index in [9.17, 15) is 9.36 Å². The third-order valence-electron chi connectivity index (χ3n) is 2.57. The van der Waals surface area contributed by atoms with Crippen LogP contribution in [0.15, 0.2) is 17.1 Å². The first-order valence-corrected chi connectivity index (χ1v) is 6.57. The number of nitrogens with two attached hydrogens (primary N) is 1. The van der Waals surface area contributed by atoms with Crippen molar-refractivity contribution in [3.63, 3.8) is 0 Å². The number of nitrogens with zero attached hydrogens (tertiary/aromatic N) is 2.